The zero-order valence-electron chi connectivity index (χ0n) is 33.0. The minimum Gasteiger partial charge on any atom is -0.481 e. The molecule has 1 aromatic carbocycles. The molecular formula is C44H61ClN2O5. The van der Waals surface area contributed by atoms with Crippen molar-refractivity contribution in [3.05, 3.63) is 46.3 Å². The van der Waals surface area contributed by atoms with Gasteiger partial charge in [0.1, 0.15) is 6.10 Å². The summed E-state index contributed by atoms with van der Waals surface area (Å²) < 4.78 is 12.6. The lowest BCUT2D eigenvalue weighted by molar-refractivity contribution is -0.233. The zero-order valence-corrected chi connectivity index (χ0v) is 33.8. The first-order valence-corrected chi connectivity index (χ1v) is 20.4. The zero-order chi connectivity index (χ0) is 37.6. The van der Waals surface area contributed by atoms with Crippen molar-refractivity contribution in [3.63, 3.8) is 0 Å². The Kier molecular flexibility index (Phi) is 9.19. The molecule has 7 rings (SSSR count). The van der Waals surface area contributed by atoms with Gasteiger partial charge in [-0.15, -0.1) is 10.2 Å². The van der Waals surface area contributed by atoms with Crippen molar-refractivity contribution in [1.82, 2.24) is 10.2 Å². The number of benzene rings is 1. The highest BCUT2D eigenvalue weighted by molar-refractivity contribution is 6.30. The van der Waals surface area contributed by atoms with E-state index in [2.05, 4.69) is 58.7 Å². The molecule has 0 unspecified atom stereocenters. The normalized spacial score (nSPS) is 36.8. The summed E-state index contributed by atoms with van der Waals surface area (Å²) in [5, 5.41) is 19.4. The second-order valence-electron chi connectivity index (χ2n) is 19.9. The Morgan fingerprint density at radius 2 is 1.63 bits per heavy atom. The predicted octanol–water partition coefficient (Wildman–Crippen LogP) is 11.1. The fourth-order valence-electron chi connectivity index (χ4n) is 13.2. The van der Waals surface area contributed by atoms with Crippen LogP contribution in [-0.4, -0.2) is 33.3 Å². The number of allylic oxidation sites excluding steroid dienone is 2. The van der Waals surface area contributed by atoms with E-state index in [1.165, 1.54) is 32.1 Å². The molecule has 5 aliphatic carbocycles. The molecule has 7 nitrogen and oxygen atoms in total. The van der Waals surface area contributed by atoms with Crippen molar-refractivity contribution in [1.29, 1.82) is 0 Å². The van der Waals surface area contributed by atoms with E-state index < -0.39 is 11.4 Å². The van der Waals surface area contributed by atoms with Crippen LogP contribution in [0.15, 0.2) is 39.8 Å². The molecule has 8 atom stereocenters. The maximum Gasteiger partial charge on any atom is 0.309 e. The third kappa shape index (κ3) is 5.71. The number of ether oxygens (including phenoxy) is 1. The van der Waals surface area contributed by atoms with E-state index in [0.717, 1.165) is 50.0 Å². The third-order valence-electron chi connectivity index (χ3n) is 16.2. The number of carboxylic acid groups (broad SMARTS) is 1. The van der Waals surface area contributed by atoms with Gasteiger partial charge in [-0.05, 0) is 142 Å². The van der Waals surface area contributed by atoms with Crippen LogP contribution in [0.1, 0.15) is 139 Å². The lowest BCUT2D eigenvalue weighted by Gasteiger charge is -2.72. The van der Waals surface area contributed by atoms with Crippen LogP contribution >= 0.6 is 11.6 Å². The van der Waals surface area contributed by atoms with Gasteiger partial charge in [0.2, 0.25) is 11.8 Å². The van der Waals surface area contributed by atoms with Crippen LogP contribution in [0.4, 0.5) is 0 Å². The fourth-order valence-corrected chi connectivity index (χ4v) is 13.3. The molecule has 0 saturated heterocycles. The summed E-state index contributed by atoms with van der Waals surface area (Å²) in [6.07, 6.45) is 11.8. The lowest BCUT2D eigenvalue weighted by Crippen LogP contribution is -2.65. The molecule has 1 heterocycles. The molecule has 0 spiro atoms. The number of nitrogens with zero attached hydrogens (tertiary/aromatic N) is 2. The number of halogens is 1. The van der Waals surface area contributed by atoms with Crippen LogP contribution in [0.3, 0.4) is 0 Å². The number of carboxylic acids is 1. The highest BCUT2D eigenvalue weighted by Gasteiger charge is 2.69. The summed E-state index contributed by atoms with van der Waals surface area (Å²) in [4.78, 5) is 24.9. The van der Waals surface area contributed by atoms with Gasteiger partial charge in [0.25, 0.3) is 0 Å². The van der Waals surface area contributed by atoms with Crippen molar-refractivity contribution in [2.24, 2.45) is 56.2 Å². The lowest BCUT2D eigenvalue weighted by atomic mass is 9.33. The molecule has 0 amide bonds. The van der Waals surface area contributed by atoms with Crippen LogP contribution < -0.4 is 0 Å². The summed E-state index contributed by atoms with van der Waals surface area (Å²) in [5.41, 5.74) is 3.60. The van der Waals surface area contributed by atoms with Gasteiger partial charge in [-0.1, -0.05) is 71.2 Å². The van der Waals surface area contributed by atoms with E-state index in [-0.39, 0.29) is 45.6 Å². The predicted molar refractivity (Wildman–Crippen MR) is 203 cm³/mol. The van der Waals surface area contributed by atoms with E-state index in [0.29, 0.717) is 34.6 Å². The van der Waals surface area contributed by atoms with Gasteiger partial charge < -0.3 is 14.3 Å². The number of aliphatic carboxylic acids is 1. The van der Waals surface area contributed by atoms with Crippen molar-refractivity contribution < 1.29 is 23.8 Å². The Morgan fingerprint density at radius 3 is 2.31 bits per heavy atom. The molecule has 5 aliphatic rings. The van der Waals surface area contributed by atoms with Gasteiger partial charge >= 0.3 is 11.9 Å². The second kappa shape index (κ2) is 12.7. The molecule has 1 aromatic heterocycles. The number of carbonyl (C=O) groups excluding carboxylic acids is 1. The molecule has 0 bridgehead atoms. The monoisotopic (exact) mass is 732 g/mol. The molecule has 4 fully saturated rings. The average Bonchev–Trinajstić information content (AvgIpc) is 3.68. The number of esters is 1. The number of aromatic nitrogens is 2. The molecule has 2 aromatic rings. The van der Waals surface area contributed by atoms with Gasteiger partial charge in [0.05, 0.1) is 11.8 Å². The number of rotatable bonds is 8. The molecule has 1 N–H and O–H groups in total. The summed E-state index contributed by atoms with van der Waals surface area (Å²) in [6, 6.07) is 7.62. The molecule has 0 radical (unpaired) electrons. The molecule has 4 saturated carbocycles. The Bertz CT molecular complexity index is 1760. The van der Waals surface area contributed by atoms with Crippen LogP contribution in [0.25, 0.3) is 11.5 Å². The van der Waals surface area contributed by atoms with E-state index in [9.17, 15) is 14.7 Å². The van der Waals surface area contributed by atoms with E-state index in [1.807, 2.05) is 24.3 Å². The highest BCUT2D eigenvalue weighted by Crippen LogP contribution is 2.77. The van der Waals surface area contributed by atoms with Crippen LogP contribution in [0.2, 0.25) is 5.02 Å². The molecule has 284 valence electrons. The first-order valence-electron chi connectivity index (χ1n) is 20.0. The summed E-state index contributed by atoms with van der Waals surface area (Å²) >= 11 is 6.15. The van der Waals surface area contributed by atoms with Gasteiger partial charge in [0, 0.05) is 27.8 Å². The van der Waals surface area contributed by atoms with Crippen LogP contribution in [0.5, 0.6) is 0 Å². The Labute approximate surface area is 316 Å². The van der Waals surface area contributed by atoms with Crippen molar-refractivity contribution in [3.8, 4) is 11.5 Å². The Balaban J connectivity index is 1.15. The van der Waals surface area contributed by atoms with Crippen LogP contribution in [0, 0.1) is 56.2 Å². The summed E-state index contributed by atoms with van der Waals surface area (Å²) in [5.74, 6) is 2.04. The second-order valence-corrected chi connectivity index (χ2v) is 20.3. The SMILES string of the molecule is CC(C)C1=C2[C@H]3CC[C@@H]4[C@@]5(C)CC[C@H](OC(=O)CC(C)(C)C(=O)O)C(C)(C)[C@@H]5CC[C@@]4(C)[C@]3(C)CC[C@@]2(Cc2nnc(-c3ccc(Cl)cc3)o2)CC1. The molecular weight excluding hydrogens is 672 g/mol. The van der Waals surface area contributed by atoms with Crippen molar-refractivity contribution >= 4 is 23.5 Å². The Hall–Kier alpha value is -2.67. The highest BCUT2D eigenvalue weighted by atomic mass is 35.5. The maximum absolute atomic E-state index is 13.1. The largest absolute Gasteiger partial charge is 0.481 e. The summed E-state index contributed by atoms with van der Waals surface area (Å²) in [7, 11) is 0. The van der Waals surface area contributed by atoms with E-state index >= 15 is 0 Å². The summed E-state index contributed by atoms with van der Waals surface area (Å²) in [6.45, 7) is 20.5. The minimum atomic E-state index is -1.14. The molecule has 52 heavy (non-hydrogen) atoms. The number of fused-ring (bicyclic) bond motifs is 7. The first-order chi connectivity index (χ1) is 24.3. The number of carbonyl (C=O) groups is 2. The number of hydrogen-bond donors (Lipinski definition) is 1. The van der Waals surface area contributed by atoms with Crippen molar-refractivity contribution in [2.75, 3.05) is 0 Å². The van der Waals surface area contributed by atoms with Gasteiger partial charge in [-0.3, -0.25) is 9.59 Å². The van der Waals surface area contributed by atoms with E-state index in [4.69, 9.17) is 20.8 Å². The van der Waals surface area contributed by atoms with Crippen LogP contribution in [-0.2, 0) is 20.7 Å². The van der Waals surface area contributed by atoms with Crippen molar-refractivity contribution in [2.45, 2.75) is 145 Å². The topological polar surface area (TPSA) is 103 Å². The van der Waals surface area contributed by atoms with Gasteiger partial charge in [-0.25, -0.2) is 0 Å². The first kappa shape index (κ1) is 37.6. The quantitative estimate of drug-likeness (QED) is 0.213. The minimum absolute atomic E-state index is 0.0665. The third-order valence-corrected chi connectivity index (χ3v) is 16.5. The smallest absolute Gasteiger partial charge is 0.309 e. The average molecular weight is 733 g/mol. The van der Waals surface area contributed by atoms with Gasteiger partial charge in [0.15, 0.2) is 0 Å². The Morgan fingerprint density at radius 1 is 0.923 bits per heavy atom. The standard InChI is InChI=1S/C44H61ClN2O5/c1-26(2)29-16-21-44(24-34-46-47-37(52-34)27-10-12-28(45)13-11-27)23-22-42(8)30(36(29)44)14-15-32-41(7)19-18-33(51-35(48)25-39(3,4)38(49)50)40(5,6)31(41)17-20-43(32,42)9/h10-13,26,30-33H,14-25H2,1-9H3,(H,49,50)/t30-,31+,32-,33+,41+,42-,43-,44-/m1/s1. The molecule has 0 aliphatic heterocycles. The fraction of sp³-hybridized carbons (Fsp3) is 0.727. The van der Waals surface area contributed by atoms with E-state index in [1.54, 1.807) is 25.0 Å². The van der Waals surface area contributed by atoms with Gasteiger partial charge in [-0.2, -0.15) is 0 Å². The molecule has 8 heteroatoms. The number of hydrogen-bond acceptors (Lipinski definition) is 6. The maximum atomic E-state index is 13.1.